The molecule has 8 heteroatoms. The second-order valence-electron chi connectivity index (χ2n) is 4.29. The van der Waals surface area contributed by atoms with E-state index in [0.29, 0.717) is 31.3 Å². The van der Waals surface area contributed by atoms with Gasteiger partial charge in [0.15, 0.2) is 16.0 Å². The molecule has 0 fully saturated rings. The molecule has 114 valence electrons. The van der Waals surface area contributed by atoms with Crippen molar-refractivity contribution in [3.63, 3.8) is 0 Å². The summed E-state index contributed by atoms with van der Waals surface area (Å²) in [6.07, 6.45) is 3.08. The maximum absolute atomic E-state index is 12.2. The van der Waals surface area contributed by atoms with Crippen molar-refractivity contribution in [3.8, 4) is 0 Å². The maximum Gasteiger partial charge on any atom is 0.197 e. The first-order valence-corrected chi connectivity index (χ1v) is 8.06. The number of carbonyl (C=O) groups excluding carboxylic acids is 1. The summed E-state index contributed by atoms with van der Waals surface area (Å²) in [7, 11) is 0. The smallest absolute Gasteiger partial charge is 0.197 e. The summed E-state index contributed by atoms with van der Waals surface area (Å²) in [5.74, 6) is -0.169. The molecule has 2 rings (SSSR count). The summed E-state index contributed by atoms with van der Waals surface area (Å²) in [6, 6.07) is 5.07. The third-order valence-electron chi connectivity index (χ3n) is 2.63. The summed E-state index contributed by atoms with van der Waals surface area (Å²) < 4.78 is 0. The SMILES string of the molecule is Cc1nc(NC(N)=S)sc1C(=O)/C=C/c1ccc(Cl)cc1Cl. The molecule has 22 heavy (non-hydrogen) atoms. The van der Waals surface area contributed by atoms with Crippen LogP contribution >= 0.6 is 46.8 Å². The lowest BCUT2D eigenvalue weighted by Crippen LogP contribution is -2.18. The van der Waals surface area contributed by atoms with E-state index in [-0.39, 0.29) is 10.9 Å². The molecule has 0 aliphatic heterocycles. The van der Waals surface area contributed by atoms with Crippen LogP contribution in [0.25, 0.3) is 6.08 Å². The van der Waals surface area contributed by atoms with Gasteiger partial charge in [-0.05, 0) is 49.0 Å². The summed E-state index contributed by atoms with van der Waals surface area (Å²) in [5.41, 5.74) is 6.71. The number of halogens is 2. The monoisotopic (exact) mass is 371 g/mol. The molecular weight excluding hydrogens is 361 g/mol. The molecule has 0 saturated heterocycles. The zero-order chi connectivity index (χ0) is 16.3. The molecule has 0 aliphatic carbocycles. The minimum Gasteiger partial charge on any atom is -0.376 e. The molecule has 0 atom stereocenters. The molecule has 0 unspecified atom stereocenters. The quantitative estimate of drug-likeness (QED) is 0.476. The number of rotatable bonds is 4. The van der Waals surface area contributed by atoms with Gasteiger partial charge in [0, 0.05) is 10.0 Å². The number of ketones is 1. The van der Waals surface area contributed by atoms with Crippen molar-refractivity contribution >= 4 is 68.9 Å². The fourth-order valence-electron chi connectivity index (χ4n) is 1.66. The Labute approximate surface area is 147 Å². The van der Waals surface area contributed by atoms with Crippen molar-refractivity contribution in [3.05, 3.63) is 50.5 Å². The predicted octanol–water partition coefficient (Wildman–Crippen LogP) is 4.31. The Bertz CT molecular complexity index is 771. The first kappa shape index (κ1) is 16.9. The Morgan fingerprint density at radius 1 is 1.45 bits per heavy atom. The second kappa shape index (κ2) is 7.19. The van der Waals surface area contributed by atoms with E-state index in [4.69, 9.17) is 41.2 Å². The van der Waals surface area contributed by atoms with E-state index in [9.17, 15) is 4.79 Å². The molecule has 0 amide bonds. The average molecular weight is 372 g/mol. The van der Waals surface area contributed by atoms with Crippen LogP contribution in [-0.4, -0.2) is 15.9 Å². The van der Waals surface area contributed by atoms with Gasteiger partial charge in [0.2, 0.25) is 0 Å². The van der Waals surface area contributed by atoms with Crippen LogP contribution in [0.4, 0.5) is 5.13 Å². The lowest BCUT2D eigenvalue weighted by atomic mass is 10.2. The van der Waals surface area contributed by atoms with Crippen molar-refractivity contribution in [2.75, 3.05) is 5.32 Å². The molecule has 2 aromatic rings. The first-order chi connectivity index (χ1) is 10.4. The number of aromatic nitrogens is 1. The van der Waals surface area contributed by atoms with Crippen molar-refractivity contribution in [1.82, 2.24) is 4.98 Å². The molecule has 1 heterocycles. The minimum absolute atomic E-state index is 0.108. The summed E-state index contributed by atoms with van der Waals surface area (Å²) in [5, 5.41) is 4.34. The van der Waals surface area contributed by atoms with E-state index in [0.717, 1.165) is 0 Å². The first-order valence-electron chi connectivity index (χ1n) is 6.08. The second-order valence-corrected chi connectivity index (χ2v) is 6.57. The summed E-state index contributed by atoms with van der Waals surface area (Å²) in [4.78, 5) is 17.0. The van der Waals surface area contributed by atoms with Crippen molar-refractivity contribution in [1.29, 1.82) is 0 Å². The molecule has 0 radical (unpaired) electrons. The molecule has 1 aromatic heterocycles. The standard InChI is InChI=1S/C14H11Cl2N3OS2/c1-7-12(22-14(18-7)19-13(17)21)11(20)5-3-8-2-4-9(15)6-10(8)16/h2-6H,1H3,(H3,17,18,19,21)/b5-3+. The lowest BCUT2D eigenvalue weighted by molar-refractivity contribution is 0.105. The highest BCUT2D eigenvalue weighted by Gasteiger charge is 2.13. The van der Waals surface area contributed by atoms with E-state index >= 15 is 0 Å². The van der Waals surface area contributed by atoms with Crippen molar-refractivity contribution in [2.24, 2.45) is 5.73 Å². The Balaban J connectivity index is 2.20. The molecule has 0 bridgehead atoms. The number of thiazole rings is 1. The number of hydrogen-bond donors (Lipinski definition) is 2. The van der Waals surface area contributed by atoms with Gasteiger partial charge in [-0.3, -0.25) is 4.79 Å². The number of carbonyl (C=O) groups is 1. The van der Waals surface area contributed by atoms with Gasteiger partial charge in [-0.2, -0.15) is 0 Å². The molecule has 0 spiro atoms. The number of anilines is 1. The van der Waals surface area contributed by atoms with Gasteiger partial charge in [0.05, 0.1) is 10.6 Å². The number of benzene rings is 1. The van der Waals surface area contributed by atoms with Crippen LogP contribution in [-0.2, 0) is 0 Å². The number of aryl methyl sites for hydroxylation is 1. The molecule has 0 saturated carbocycles. The van der Waals surface area contributed by atoms with Crippen LogP contribution in [0.1, 0.15) is 20.9 Å². The van der Waals surface area contributed by atoms with Gasteiger partial charge >= 0.3 is 0 Å². The molecule has 0 aliphatic rings. The van der Waals surface area contributed by atoms with Crippen LogP contribution in [0, 0.1) is 6.92 Å². The average Bonchev–Trinajstić information content (AvgIpc) is 2.77. The Kier molecular flexibility index (Phi) is 5.52. The van der Waals surface area contributed by atoms with E-state index in [1.54, 1.807) is 31.2 Å². The molecular formula is C14H11Cl2N3OS2. The highest BCUT2D eigenvalue weighted by Crippen LogP contribution is 2.25. The van der Waals surface area contributed by atoms with Crippen LogP contribution < -0.4 is 11.1 Å². The summed E-state index contributed by atoms with van der Waals surface area (Å²) in [6.45, 7) is 1.75. The zero-order valence-corrected chi connectivity index (χ0v) is 14.5. The minimum atomic E-state index is -0.169. The maximum atomic E-state index is 12.2. The third kappa shape index (κ3) is 4.27. The predicted molar refractivity (Wildman–Crippen MR) is 97.1 cm³/mol. The van der Waals surface area contributed by atoms with Gasteiger partial charge < -0.3 is 11.1 Å². The topological polar surface area (TPSA) is 68.0 Å². The number of nitrogens with zero attached hydrogens (tertiary/aromatic N) is 1. The largest absolute Gasteiger partial charge is 0.376 e. The van der Waals surface area contributed by atoms with Gasteiger partial charge in [-0.25, -0.2) is 4.98 Å². The number of hydrogen-bond acceptors (Lipinski definition) is 4. The van der Waals surface area contributed by atoms with E-state index < -0.39 is 0 Å². The highest BCUT2D eigenvalue weighted by atomic mass is 35.5. The van der Waals surface area contributed by atoms with Gasteiger partial charge in [0.1, 0.15) is 0 Å². The Morgan fingerprint density at radius 2 is 2.18 bits per heavy atom. The van der Waals surface area contributed by atoms with E-state index in [1.165, 1.54) is 17.4 Å². The number of nitrogens with one attached hydrogen (secondary N) is 1. The van der Waals surface area contributed by atoms with Gasteiger partial charge in [-0.1, -0.05) is 40.6 Å². The van der Waals surface area contributed by atoms with Crippen molar-refractivity contribution in [2.45, 2.75) is 6.92 Å². The zero-order valence-electron chi connectivity index (χ0n) is 11.4. The summed E-state index contributed by atoms with van der Waals surface area (Å²) >= 11 is 17.8. The van der Waals surface area contributed by atoms with Crippen molar-refractivity contribution < 1.29 is 4.79 Å². The number of thiocarbonyl (C=S) groups is 1. The third-order valence-corrected chi connectivity index (χ3v) is 4.38. The van der Waals surface area contributed by atoms with Gasteiger partial charge in [0.25, 0.3) is 0 Å². The van der Waals surface area contributed by atoms with Crippen LogP contribution in [0.5, 0.6) is 0 Å². The molecule has 1 aromatic carbocycles. The fourth-order valence-corrected chi connectivity index (χ4v) is 3.19. The van der Waals surface area contributed by atoms with Gasteiger partial charge in [-0.15, -0.1) is 0 Å². The molecule has 4 nitrogen and oxygen atoms in total. The Hall–Kier alpha value is -1.47. The normalized spacial score (nSPS) is 10.9. The highest BCUT2D eigenvalue weighted by molar-refractivity contribution is 7.80. The van der Waals surface area contributed by atoms with Crippen LogP contribution in [0.15, 0.2) is 24.3 Å². The Morgan fingerprint density at radius 3 is 2.82 bits per heavy atom. The van der Waals surface area contributed by atoms with E-state index in [1.807, 2.05) is 0 Å². The lowest BCUT2D eigenvalue weighted by Gasteiger charge is -1.98. The van der Waals surface area contributed by atoms with Crippen LogP contribution in [0.2, 0.25) is 10.0 Å². The fraction of sp³-hybridized carbons (Fsp3) is 0.0714. The number of allylic oxidation sites excluding steroid dienone is 1. The van der Waals surface area contributed by atoms with E-state index in [2.05, 4.69) is 10.3 Å². The molecule has 3 N–H and O–H groups in total. The van der Waals surface area contributed by atoms with Crippen LogP contribution in [0.3, 0.4) is 0 Å². The number of nitrogens with two attached hydrogens (primary N) is 1.